The van der Waals surface area contributed by atoms with Crippen molar-refractivity contribution < 1.29 is 22.4 Å². The Hall–Kier alpha value is -3.43. The quantitative estimate of drug-likeness (QED) is 0.277. The van der Waals surface area contributed by atoms with Gasteiger partial charge in [-0.2, -0.15) is 0 Å². The van der Waals surface area contributed by atoms with Crippen molar-refractivity contribution in [3.63, 3.8) is 0 Å². The van der Waals surface area contributed by atoms with E-state index < -0.39 is 34.3 Å². The Morgan fingerprint density at radius 3 is 2.18 bits per heavy atom. The molecule has 1 atom stereocenters. The Morgan fingerprint density at radius 1 is 0.949 bits per heavy atom. The van der Waals surface area contributed by atoms with Gasteiger partial charge in [-0.1, -0.05) is 62.2 Å². The summed E-state index contributed by atoms with van der Waals surface area (Å²) in [6.45, 7) is 3.76. The van der Waals surface area contributed by atoms with Crippen molar-refractivity contribution in [2.75, 3.05) is 17.4 Å². The predicted molar refractivity (Wildman–Crippen MR) is 151 cm³/mol. The number of halogens is 2. The number of sulfonamides is 1. The molecule has 0 radical (unpaired) electrons. The average Bonchev–Trinajstić information content (AvgIpc) is 2.93. The monoisotopic (exact) mass is 573 g/mol. The van der Waals surface area contributed by atoms with Crippen molar-refractivity contribution in [1.29, 1.82) is 0 Å². The first kappa shape index (κ1) is 30.1. The van der Waals surface area contributed by atoms with Crippen LogP contribution in [-0.2, 0) is 26.2 Å². The Kier molecular flexibility index (Phi) is 10.9. The lowest BCUT2D eigenvalue weighted by Gasteiger charge is -2.33. The molecule has 0 aliphatic heterocycles. The lowest BCUT2D eigenvalue weighted by atomic mass is 10.1. The predicted octanol–water partition coefficient (Wildman–Crippen LogP) is 5.40. The van der Waals surface area contributed by atoms with E-state index in [4.69, 9.17) is 11.6 Å². The lowest BCUT2D eigenvalue weighted by Crippen LogP contribution is -2.52. The molecule has 3 rings (SSSR count). The van der Waals surface area contributed by atoms with Gasteiger partial charge in [0.25, 0.3) is 10.0 Å². The van der Waals surface area contributed by atoms with Crippen LogP contribution in [0, 0.1) is 5.82 Å². The standard InChI is InChI=1S/C29H33ClFN3O4S/c1-3-5-19-32-29(36)27(4-2)33(20-22-11-13-23(30)14-12-22)28(35)21-34(25-17-15-24(31)16-18-25)39(37,38)26-9-7-6-8-10-26/h6-18,27H,3-5,19-21H2,1-2H3,(H,32,36). The van der Waals surface area contributed by atoms with E-state index in [1.807, 2.05) is 6.92 Å². The second kappa shape index (κ2) is 14.1. The summed E-state index contributed by atoms with van der Waals surface area (Å²) >= 11 is 6.03. The Labute approximate surface area is 234 Å². The average molecular weight is 574 g/mol. The van der Waals surface area contributed by atoms with Crippen LogP contribution in [-0.4, -0.2) is 44.3 Å². The fourth-order valence-corrected chi connectivity index (χ4v) is 5.63. The van der Waals surface area contributed by atoms with Gasteiger partial charge in [-0.15, -0.1) is 0 Å². The van der Waals surface area contributed by atoms with Crippen molar-refractivity contribution in [2.45, 2.75) is 50.6 Å². The number of nitrogens with one attached hydrogen (secondary N) is 1. The number of amides is 2. The van der Waals surface area contributed by atoms with E-state index in [1.165, 1.54) is 29.2 Å². The number of anilines is 1. The van der Waals surface area contributed by atoms with E-state index in [0.29, 0.717) is 18.0 Å². The van der Waals surface area contributed by atoms with E-state index in [-0.39, 0.29) is 23.0 Å². The summed E-state index contributed by atoms with van der Waals surface area (Å²) in [6.07, 6.45) is 2.01. The van der Waals surface area contributed by atoms with Crippen LogP contribution in [0.25, 0.3) is 0 Å². The second-order valence-electron chi connectivity index (χ2n) is 9.02. The number of benzene rings is 3. The number of hydrogen-bond acceptors (Lipinski definition) is 4. The van der Waals surface area contributed by atoms with Crippen molar-refractivity contribution in [1.82, 2.24) is 10.2 Å². The minimum Gasteiger partial charge on any atom is -0.354 e. The van der Waals surface area contributed by atoms with Crippen LogP contribution in [0.1, 0.15) is 38.7 Å². The molecule has 10 heteroatoms. The Bertz CT molecular complexity index is 1340. The molecule has 0 heterocycles. The van der Waals surface area contributed by atoms with Gasteiger partial charge in [-0.25, -0.2) is 12.8 Å². The first-order valence-electron chi connectivity index (χ1n) is 12.8. The third-order valence-corrected chi connectivity index (χ3v) is 8.25. The summed E-state index contributed by atoms with van der Waals surface area (Å²) < 4.78 is 42.0. The van der Waals surface area contributed by atoms with Crippen molar-refractivity contribution >= 4 is 39.1 Å². The Balaban J connectivity index is 2.01. The molecule has 0 aliphatic rings. The molecule has 0 saturated heterocycles. The largest absolute Gasteiger partial charge is 0.354 e. The van der Waals surface area contributed by atoms with Gasteiger partial charge in [-0.3, -0.25) is 13.9 Å². The van der Waals surface area contributed by atoms with Gasteiger partial charge in [0.2, 0.25) is 11.8 Å². The third kappa shape index (κ3) is 8.03. The molecule has 39 heavy (non-hydrogen) atoms. The number of rotatable bonds is 13. The van der Waals surface area contributed by atoms with E-state index in [1.54, 1.807) is 49.4 Å². The number of carbonyl (C=O) groups is 2. The van der Waals surface area contributed by atoms with Gasteiger partial charge in [0.15, 0.2) is 0 Å². The maximum Gasteiger partial charge on any atom is 0.264 e. The molecule has 1 N–H and O–H groups in total. The second-order valence-corrected chi connectivity index (χ2v) is 11.3. The normalized spacial score (nSPS) is 12.0. The van der Waals surface area contributed by atoms with Crippen LogP contribution in [0.2, 0.25) is 5.02 Å². The fourth-order valence-electron chi connectivity index (χ4n) is 4.07. The maximum absolute atomic E-state index is 13.9. The zero-order chi connectivity index (χ0) is 28.4. The molecule has 208 valence electrons. The SMILES string of the molecule is CCCCNC(=O)C(CC)N(Cc1ccc(Cl)cc1)C(=O)CN(c1ccc(F)cc1)S(=O)(=O)c1ccccc1. The Morgan fingerprint density at radius 2 is 1.59 bits per heavy atom. The molecule has 0 fully saturated rings. The van der Waals surface area contributed by atoms with E-state index in [0.717, 1.165) is 34.8 Å². The molecule has 1 unspecified atom stereocenters. The summed E-state index contributed by atoms with van der Waals surface area (Å²) in [5.74, 6) is -1.43. The highest BCUT2D eigenvalue weighted by Gasteiger charge is 2.33. The summed E-state index contributed by atoms with van der Waals surface area (Å²) in [4.78, 5) is 28.4. The third-order valence-electron chi connectivity index (χ3n) is 6.21. The van der Waals surface area contributed by atoms with Gasteiger partial charge in [0.1, 0.15) is 18.4 Å². The van der Waals surface area contributed by atoms with E-state index in [9.17, 15) is 22.4 Å². The van der Waals surface area contributed by atoms with Gasteiger partial charge >= 0.3 is 0 Å². The highest BCUT2D eigenvalue weighted by atomic mass is 35.5. The molecule has 0 aromatic heterocycles. The van der Waals surface area contributed by atoms with Crippen molar-refractivity contribution in [3.8, 4) is 0 Å². The molecular formula is C29H33ClFN3O4S. The van der Waals surface area contributed by atoms with Crippen LogP contribution in [0.15, 0.2) is 83.8 Å². The molecule has 0 spiro atoms. The van der Waals surface area contributed by atoms with Crippen LogP contribution in [0.3, 0.4) is 0 Å². The highest BCUT2D eigenvalue weighted by Crippen LogP contribution is 2.25. The molecule has 0 bridgehead atoms. The molecular weight excluding hydrogens is 541 g/mol. The molecule has 0 aliphatic carbocycles. The molecule has 0 saturated carbocycles. The zero-order valence-corrected chi connectivity index (χ0v) is 23.6. The number of nitrogens with zero attached hydrogens (tertiary/aromatic N) is 2. The highest BCUT2D eigenvalue weighted by molar-refractivity contribution is 7.92. The summed E-state index contributed by atoms with van der Waals surface area (Å²) in [5, 5.41) is 3.41. The summed E-state index contributed by atoms with van der Waals surface area (Å²) in [6, 6.07) is 18.6. The van der Waals surface area contributed by atoms with Crippen LogP contribution in [0.5, 0.6) is 0 Å². The first-order valence-corrected chi connectivity index (χ1v) is 14.6. The molecule has 3 aromatic carbocycles. The van der Waals surface area contributed by atoms with Crippen molar-refractivity contribution in [2.24, 2.45) is 0 Å². The minimum atomic E-state index is -4.20. The summed E-state index contributed by atoms with van der Waals surface area (Å²) in [5.41, 5.74) is 0.854. The van der Waals surface area contributed by atoms with Crippen molar-refractivity contribution in [3.05, 3.63) is 95.3 Å². The van der Waals surface area contributed by atoms with Crippen LogP contribution < -0.4 is 9.62 Å². The lowest BCUT2D eigenvalue weighted by molar-refractivity contribution is -0.140. The van der Waals surface area contributed by atoms with Gasteiger partial charge < -0.3 is 10.2 Å². The fraction of sp³-hybridized carbons (Fsp3) is 0.310. The molecule has 7 nitrogen and oxygen atoms in total. The minimum absolute atomic E-state index is 0.0178. The van der Waals surface area contributed by atoms with Gasteiger partial charge in [0, 0.05) is 18.1 Å². The molecule has 2 amide bonds. The van der Waals surface area contributed by atoms with E-state index >= 15 is 0 Å². The maximum atomic E-state index is 13.9. The van der Waals surface area contributed by atoms with E-state index in [2.05, 4.69) is 5.32 Å². The van der Waals surface area contributed by atoms with Gasteiger partial charge in [0.05, 0.1) is 10.6 Å². The first-order chi connectivity index (χ1) is 18.7. The molecule has 3 aromatic rings. The smallest absolute Gasteiger partial charge is 0.264 e. The zero-order valence-electron chi connectivity index (χ0n) is 22.0. The van der Waals surface area contributed by atoms with Crippen LogP contribution in [0.4, 0.5) is 10.1 Å². The topological polar surface area (TPSA) is 86.8 Å². The number of hydrogen-bond donors (Lipinski definition) is 1. The van der Waals surface area contributed by atoms with Gasteiger partial charge in [-0.05, 0) is 66.9 Å². The number of unbranched alkanes of at least 4 members (excludes halogenated alkanes) is 1. The number of carbonyl (C=O) groups excluding carboxylic acids is 2. The summed E-state index contributed by atoms with van der Waals surface area (Å²) in [7, 11) is -4.20. The van der Waals surface area contributed by atoms with Crippen LogP contribution >= 0.6 is 11.6 Å².